The first-order valence-corrected chi connectivity index (χ1v) is 5.55. The summed E-state index contributed by atoms with van der Waals surface area (Å²) in [7, 11) is 0. The van der Waals surface area contributed by atoms with Gasteiger partial charge in [0.1, 0.15) is 5.52 Å². The minimum atomic E-state index is -0.988. The summed E-state index contributed by atoms with van der Waals surface area (Å²) in [4.78, 5) is 14.8. The third kappa shape index (κ3) is 1.63. The highest BCUT2D eigenvalue weighted by atomic mass is 79.9. The Bertz CT molecular complexity index is 525. The molecule has 6 heteroatoms. The van der Waals surface area contributed by atoms with Crippen molar-refractivity contribution in [3.63, 3.8) is 0 Å². The van der Waals surface area contributed by atoms with E-state index < -0.39 is 5.97 Å². The van der Waals surface area contributed by atoms with E-state index in [0.29, 0.717) is 14.5 Å². The van der Waals surface area contributed by atoms with Crippen molar-refractivity contribution in [2.24, 2.45) is 0 Å². The molecule has 0 radical (unpaired) electrons. The van der Waals surface area contributed by atoms with E-state index >= 15 is 0 Å². The number of carboxylic acids is 1. The van der Waals surface area contributed by atoms with Crippen molar-refractivity contribution in [2.45, 2.75) is 0 Å². The Hall–Kier alpha value is -0.650. The highest BCUT2D eigenvalue weighted by Gasteiger charge is 2.11. The van der Waals surface area contributed by atoms with Gasteiger partial charge in [-0.1, -0.05) is 11.6 Å². The van der Waals surface area contributed by atoms with Crippen LogP contribution in [0.4, 0.5) is 0 Å². The molecule has 0 aliphatic rings. The molecular weight excluding hydrogens is 290 g/mol. The third-order valence-electron chi connectivity index (χ3n) is 1.67. The number of carbonyl (C=O) groups is 1. The predicted molar refractivity (Wildman–Crippen MR) is 59.3 cm³/mol. The highest BCUT2D eigenvalue weighted by molar-refractivity contribution is 9.11. The van der Waals surface area contributed by atoms with Crippen molar-refractivity contribution in [3.8, 4) is 0 Å². The van der Waals surface area contributed by atoms with Crippen molar-refractivity contribution in [1.29, 1.82) is 0 Å². The average Bonchev–Trinajstić information content (AvgIpc) is 2.45. The molecule has 0 aliphatic heterocycles. The minimum Gasteiger partial charge on any atom is -0.478 e. The number of hydrogen-bond acceptors (Lipinski definition) is 3. The number of nitrogens with zero attached hydrogens (tertiary/aromatic N) is 1. The molecule has 0 amide bonds. The standard InChI is InChI=1S/C8H3BrClNO2S/c9-8-11-6-4(10)1-3(7(12)13)2-5(6)14-8/h1-2H,(H,12,13). The van der Waals surface area contributed by atoms with Gasteiger partial charge in [-0.3, -0.25) is 0 Å². The molecule has 2 rings (SSSR count). The highest BCUT2D eigenvalue weighted by Crippen LogP contribution is 2.31. The average molecular weight is 293 g/mol. The second-order valence-corrected chi connectivity index (χ2v) is 5.29. The Kier molecular flexibility index (Phi) is 2.47. The van der Waals surface area contributed by atoms with Gasteiger partial charge in [-0.25, -0.2) is 9.78 Å². The van der Waals surface area contributed by atoms with E-state index in [-0.39, 0.29) is 5.56 Å². The van der Waals surface area contributed by atoms with Crippen LogP contribution in [0.2, 0.25) is 5.02 Å². The van der Waals surface area contributed by atoms with Gasteiger partial charge in [-0.05, 0) is 28.1 Å². The molecule has 72 valence electrons. The van der Waals surface area contributed by atoms with E-state index in [1.807, 2.05) is 0 Å². The zero-order valence-electron chi connectivity index (χ0n) is 6.62. The van der Waals surface area contributed by atoms with E-state index in [1.165, 1.54) is 17.4 Å². The number of rotatable bonds is 1. The van der Waals surface area contributed by atoms with E-state index in [0.717, 1.165) is 4.70 Å². The van der Waals surface area contributed by atoms with Gasteiger partial charge in [0.2, 0.25) is 0 Å². The summed E-state index contributed by atoms with van der Waals surface area (Å²) in [6, 6.07) is 2.96. The van der Waals surface area contributed by atoms with Crippen molar-refractivity contribution >= 4 is 55.1 Å². The zero-order valence-corrected chi connectivity index (χ0v) is 9.78. The van der Waals surface area contributed by atoms with E-state index in [9.17, 15) is 4.79 Å². The number of aromatic nitrogens is 1. The molecule has 0 saturated heterocycles. The van der Waals surface area contributed by atoms with Crippen LogP contribution in [-0.2, 0) is 0 Å². The Labute approximate surface area is 96.5 Å². The van der Waals surface area contributed by atoms with Crippen LogP contribution in [0.1, 0.15) is 10.4 Å². The lowest BCUT2D eigenvalue weighted by Crippen LogP contribution is -1.95. The summed E-state index contributed by atoms with van der Waals surface area (Å²) >= 11 is 10.5. The summed E-state index contributed by atoms with van der Waals surface area (Å²) in [5.41, 5.74) is 0.812. The molecule has 2 aromatic rings. The fourth-order valence-electron chi connectivity index (χ4n) is 1.09. The van der Waals surface area contributed by atoms with Crippen molar-refractivity contribution in [2.75, 3.05) is 0 Å². The van der Waals surface area contributed by atoms with Crippen LogP contribution in [0.25, 0.3) is 10.2 Å². The first kappa shape index (κ1) is 9.89. The predicted octanol–water partition coefficient (Wildman–Crippen LogP) is 3.41. The second kappa shape index (κ2) is 3.49. The van der Waals surface area contributed by atoms with E-state index in [4.69, 9.17) is 16.7 Å². The minimum absolute atomic E-state index is 0.179. The quantitative estimate of drug-likeness (QED) is 0.876. The Morgan fingerprint density at radius 1 is 1.57 bits per heavy atom. The number of carboxylic acid groups (broad SMARTS) is 1. The lowest BCUT2D eigenvalue weighted by Gasteiger charge is -1.95. The van der Waals surface area contributed by atoms with Gasteiger partial charge < -0.3 is 5.11 Å². The van der Waals surface area contributed by atoms with Gasteiger partial charge in [0.25, 0.3) is 0 Å². The van der Waals surface area contributed by atoms with Crippen LogP contribution >= 0.6 is 38.9 Å². The van der Waals surface area contributed by atoms with Gasteiger partial charge >= 0.3 is 5.97 Å². The van der Waals surface area contributed by atoms with Gasteiger partial charge in [0.05, 0.1) is 15.3 Å². The topological polar surface area (TPSA) is 50.2 Å². The Morgan fingerprint density at radius 2 is 2.29 bits per heavy atom. The number of thiazole rings is 1. The molecule has 14 heavy (non-hydrogen) atoms. The fourth-order valence-corrected chi connectivity index (χ4v) is 2.86. The number of fused-ring (bicyclic) bond motifs is 1. The van der Waals surface area contributed by atoms with Crippen LogP contribution < -0.4 is 0 Å². The van der Waals surface area contributed by atoms with Crippen LogP contribution in [-0.4, -0.2) is 16.1 Å². The van der Waals surface area contributed by atoms with Gasteiger partial charge in [-0.15, -0.1) is 11.3 Å². The van der Waals surface area contributed by atoms with Crippen LogP contribution in [0, 0.1) is 0 Å². The number of aromatic carboxylic acids is 1. The Morgan fingerprint density at radius 3 is 2.93 bits per heavy atom. The van der Waals surface area contributed by atoms with E-state index in [1.54, 1.807) is 6.07 Å². The molecule has 1 N–H and O–H groups in total. The van der Waals surface area contributed by atoms with Gasteiger partial charge in [0.15, 0.2) is 3.92 Å². The molecule has 0 unspecified atom stereocenters. The second-order valence-electron chi connectivity index (χ2n) is 2.58. The number of benzene rings is 1. The van der Waals surface area contributed by atoms with Crippen LogP contribution in [0.15, 0.2) is 16.0 Å². The lowest BCUT2D eigenvalue weighted by atomic mass is 10.2. The maximum absolute atomic E-state index is 10.7. The first-order chi connectivity index (χ1) is 6.58. The summed E-state index contributed by atoms with van der Waals surface area (Å²) in [6.45, 7) is 0. The molecule has 1 aromatic heterocycles. The number of hydrogen-bond donors (Lipinski definition) is 1. The lowest BCUT2D eigenvalue weighted by molar-refractivity contribution is 0.0697. The first-order valence-electron chi connectivity index (χ1n) is 3.57. The third-order valence-corrected chi connectivity index (χ3v) is 3.41. The molecule has 0 bridgehead atoms. The smallest absolute Gasteiger partial charge is 0.335 e. The SMILES string of the molecule is O=C(O)c1cc(Cl)c2nc(Br)sc2c1. The largest absolute Gasteiger partial charge is 0.478 e. The summed E-state index contributed by atoms with van der Waals surface area (Å²) in [5, 5.41) is 9.15. The van der Waals surface area contributed by atoms with Crippen molar-refractivity contribution < 1.29 is 9.90 Å². The molecule has 0 atom stereocenters. The molecule has 0 fully saturated rings. The Balaban J connectivity index is 2.77. The molecule has 0 aliphatic carbocycles. The molecule has 3 nitrogen and oxygen atoms in total. The van der Waals surface area contributed by atoms with Crippen LogP contribution in [0.3, 0.4) is 0 Å². The summed E-state index contributed by atoms with van der Waals surface area (Å²) in [6.07, 6.45) is 0. The fraction of sp³-hybridized carbons (Fsp3) is 0. The monoisotopic (exact) mass is 291 g/mol. The summed E-state index contributed by atoms with van der Waals surface area (Å²) in [5.74, 6) is -0.988. The molecule has 0 spiro atoms. The number of halogens is 2. The zero-order chi connectivity index (χ0) is 10.3. The van der Waals surface area contributed by atoms with Crippen LogP contribution in [0.5, 0.6) is 0 Å². The maximum Gasteiger partial charge on any atom is 0.335 e. The maximum atomic E-state index is 10.7. The van der Waals surface area contributed by atoms with Gasteiger partial charge in [0, 0.05) is 0 Å². The molecule has 1 heterocycles. The normalized spacial score (nSPS) is 10.7. The van der Waals surface area contributed by atoms with Crippen molar-refractivity contribution in [3.05, 3.63) is 26.6 Å². The molecule has 0 saturated carbocycles. The van der Waals surface area contributed by atoms with Gasteiger partial charge in [-0.2, -0.15) is 0 Å². The molecular formula is C8H3BrClNO2S. The van der Waals surface area contributed by atoms with E-state index in [2.05, 4.69) is 20.9 Å². The molecule has 1 aromatic carbocycles. The summed E-state index contributed by atoms with van der Waals surface area (Å²) < 4.78 is 1.46. The van der Waals surface area contributed by atoms with Crippen molar-refractivity contribution in [1.82, 2.24) is 4.98 Å².